The minimum Gasteiger partial charge on any atom is -0.484 e. The summed E-state index contributed by atoms with van der Waals surface area (Å²) in [7, 11) is 0. The van der Waals surface area contributed by atoms with Gasteiger partial charge < -0.3 is 10.5 Å². The maximum absolute atomic E-state index is 11.6. The summed E-state index contributed by atoms with van der Waals surface area (Å²) >= 11 is 4.43. The Labute approximate surface area is 127 Å². The number of primary amides is 1. The third-order valence-electron chi connectivity index (χ3n) is 2.19. The molecule has 0 radical (unpaired) electrons. The van der Waals surface area contributed by atoms with Crippen LogP contribution in [0.3, 0.4) is 0 Å². The summed E-state index contributed by atoms with van der Waals surface area (Å²) in [6, 6.07) is 7.11. The van der Waals surface area contributed by atoms with Crippen molar-refractivity contribution in [1.29, 1.82) is 0 Å². The van der Waals surface area contributed by atoms with Crippen molar-refractivity contribution in [2.24, 2.45) is 5.73 Å². The lowest BCUT2D eigenvalue weighted by molar-refractivity contribution is -0.118. The Balaban J connectivity index is 1.85. The third-order valence-corrected chi connectivity index (χ3v) is 3.47. The van der Waals surface area contributed by atoms with Gasteiger partial charge in [0.1, 0.15) is 11.4 Å². The summed E-state index contributed by atoms with van der Waals surface area (Å²) in [5.41, 5.74) is 5.19. The van der Waals surface area contributed by atoms with Gasteiger partial charge in [0.2, 0.25) is 0 Å². The third kappa shape index (κ3) is 4.04. The number of thiazole rings is 1. The van der Waals surface area contributed by atoms with Crippen LogP contribution in [0.2, 0.25) is 0 Å². The minimum absolute atomic E-state index is 0.124. The van der Waals surface area contributed by atoms with E-state index in [0.29, 0.717) is 10.9 Å². The molecule has 0 saturated carbocycles. The van der Waals surface area contributed by atoms with Gasteiger partial charge in [0.25, 0.3) is 11.8 Å². The number of benzene rings is 1. The zero-order valence-electron chi connectivity index (χ0n) is 10.1. The number of aromatic nitrogens is 1. The maximum Gasteiger partial charge on any atom is 0.268 e. The van der Waals surface area contributed by atoms with Crippen molar-refractivity contribution in [1.82, 2.24) is 4.98 Å². The molecule has 6 nitrogen and oxygen atoms in total. The van der Waals surface area contributed by atoms with Gasteiger partial charge in [-0.05, 0) is 24.3 Å². The molecule has 0 atom stereocenters. The number of hydrogen-bond donors (Lipinski definition) is 2. The number of ether oxygens (including phenoxy) is 1. The van der Waals surface area contributed by atoms with Crippen LogP contribution in [-0.2, 0) is 4.79 Å². The lowest BCUT2D eigenvalue weighted by Crippen LogP contribution is -2.20. The van der Waals surface area contributed by atoms with Crippen LogP contribution < -0.4 is 15.8 Å². The van der Waals surface area contributed by atoms with Gasteiger partial charge in [0.15, 0.2) is 11.7 Å². The number of hydrogen-bond acceptors (Lipinski definition) is 5. The molecule has 0 aliphatic carbocycles. The lowest BCUT2D eigenvalue weighted by Gasteiger charge is -2.05. The highest BCUT2D eigenvalue weighted by molar-refractivity contribution is 9.10. The Hall–Kier alpha value is -1.93. The van der Waals surface area contributed by atoms with Gasteiger partial charge in [-0.15, -0.1) is 11.3 Å². The Bertz CT molecular complexity index is 627. The molecule has 1 heterocycles. The van der Waals surface area contributed by atoms with Gasteiger partial charge in [0, 0.05) is 9.85 Å². The Morgan fingerprint density at radius 1 is 1.35 bits per heavy atom. The van der Waals surface area contributed by atoms with Gasteiger partial charge in [-0.25, -0.2) is 4.98 Å². The summed E-state index contributed by atoms with van der Waals surface area (Å²) < 4.78 is 6.23. The normalized spacial score (nSPS) is 10.1. The van der Waals surface area contributed by atoms with E-state index in [1.54, 1.807) is 12.1 Å². The van der Waals surface area contributed by atoms with Gasteiger partial charge in [-0.3, -0.25) is 14.9 Å². The number of anilines is 1. The van der Waals surface area contributed by atoms with Crippen LogP contribution in [0.5, 0.6) is 5.75 Å². The SMILES string of the molecule is NC(=O)c1csc(NC(=O)COc2ccc(Br)cc2)n1. The number of halogens is 1. The largest absolute Gasteiger partial charge is 0.484 e. The fourth-order valence-corrected chi connectivity index (χ4v) is 2.26. The predicted molar refractivity (Wildman–Crippen MR) is 78.9 cm³/mol. The number of carbonyl (C=O) groups excluding carboxylic acids is 2. The molecule has 2 amide bonds. The number of rotatable bonds is 5. The molecule has 8 heteroatoms. The van der Waals surface area contributed by atoms with Crippen molar-refractivity contribution >= 4 is 44.2 Å². The van der Waals surface area contributed by atoms with Crippen molar-refractivity contribution in [2.75, 3.05) is 11.9 Å². The van der Waals surface area contributed by atoms with Crippen LogP contribution >= 0.6 is 27.3 Å². The van der Waals surface area contributed by atoms with Crippen molar-refractivity contribution in [2.45, 2.75) is 0 Å². The predicted octanol–water partition coefficient (Wildman–Crippen LogP) is 2.02. The topological polar surface area (TPSA) is 94.3 Å². The van der Waals surface area contributed by atoms with Crippen molar-refractivity contribution < 1.29 is 14.3 Å². The van der Waals surface area contributed by atoms with E-state index in [4.69, 9.17) is 10.5 Å². The molecular weight excluding hydrogens is 346 g/mol. The van der Waals surface area contributed by atoms with Crippen LogP contribution in [0.4, 0.5) is 5.13 Å². The van der Waals surface area contributed by atoms with Crippen molar-refractivity contribution in [3.63, 3.8) is 0 Å². The molecule has 104 valence electrons. The molecule has 2 aromatic rings. The molecule has 2 rings (SSSR count). The highest BCUT2D eigenvalue weighted by atomic mass is 79.9. The van der Waals surface area contributed by atoms with Crippen LogP contribution in [0, 0.1) is 0 Å². The van der Waals surface area contributed by atoms with Crippen LogP contribution in [0.25, 0.3) is 0 Å². The van der Waals surface area contributed by atoms with Gasteiger partial charge in [-0.1, -0.05) is 15.9 Å². The summed E-state index contributed by atoms with van der Waals surface area (Å²) in [5, 5.41) is 4.31. The maximum atomic E-state index is 11.6. The molecule has 20 heavy (non-hydrogen) atoms. The fourth-order valence-electron chi connectivity index (χ4n) is 1.28. The summed E-state index contributed by atoms with van der Waals surface area (Å²) in [4.78, 5) is 26.4. The van der Waals surface area contributed by atoms with E-state index in [2.05, 4.69) is 26.2 Å². The molecule has 0 fully saturated rings. The van der Waals surface area contributed by atoms with Gasteiger partial charge in [0.05, 0.1) is 0 Å². The molecule has 1 aromatic carbocycles. The molecule has 0 saturated heterocycles. The fraction of sp³-hybridized carbons (Fsp3) is 0.0833. The first-order valence-electron chi connectivity index (χ1n) is 5.48. The van der Waals surface area contributed by atoms with Crippen LogP contribution in [0.15, 0.2) is 34.1 Å². The quantitative estimate of drug-likeness (QED) is 0.857. The highest BCUT2D eigenvalue weighted by Crippen LogP contribution is 2.17. The first kappa shape index (κ1) is 14.5. The molecule has 0 aliphatic rings. The molecule has 0 aliphatic heterocycles. The standard InChI is InChI=1S/C12H10BrN3O3S/c13-7-1-3-8(4-2-7)19-5-10(17)16-12-15-9(6-20-12)11(14)18/h1-4,6H,5H2,(H2,14,18)(H,15,16,17). The monoisotopic (exact) mass is 355 g/mol. The molecule has 1 aromatic heterocycles. The van der Waals surface area contributed by atoms with E-state index in [1.807, 2.05) is 12.1 Å². The Kier molecular flexibility index (Phi) is 4.70. The molecule has 0 bridgehead atoms. The van der Waals surface area contributed by atoms with Crippen LogP contribution in [-0.4, -0.2) is 23.4 Å². The number of nitrogens with zero attached hydrogens (tertiary/aromatic N) is 1. The first-order chi connectivity index (χ1) is 9.54. The van der Waals surface area contributed by atoms with E-state index >= 15 is 0 Å². The number of amides is 2. The van der Waals surface area contributed by atoms with E-state index < -0.39 is 5.91 Å². The summed E-state index contributed by atoms with van der Waals surface area (Å²) in [5.74, 6) is -0.411. The van der Waals surface area contributed by atoms with Crippen LogP contribution in [0.1, 0.15) is 10.5 Å². The second-order valence-corrected chi connectivity index (χ2v) is 5.47. The average Bonchev–Trinajstić information content (AvgIpc) is 2.87. The van der Waals surface area contributed by atoms with Crippen molar-refractivity contribution in [3.8, 4) is 5.75 Å². The summed E-state index contributed by atoms with van der Waals surface area (Å²) in [6.45, 7) is -0.146. The first-order valence-corrected chi connectivity index (χ1v) is 7.15. The number of nitrogens with two attached hydrogens (primary N) is 1. The van der Waals surface area contributed by atoms with Gasteiger partial charge in [-0.2, -0.15) is 0 Å². The Morgan fingerprint density at radius 2 is 2.05 bits per heavy atom. The molecule has 0 unspecified atom stereocenters. The second kappa shape index (κ2) is 6.49. The van der Waals surface area contributed by atoms with E-state index in [9.17, 15) is 9.59 Å². The van der Waals surface area contributed by atoms with Crippen molar-refractivity contribution in [3.05, 3.63) is 39.8 Å². The van der Waals surface area contributed by atoms with Gasteiger partial charge >= 0.3 is 0 Å². The zero-order chi connectivity index (χ0) is 14.5. The molecular formula is C12H10BrN3O3S. The second-order valence-electron chi connectivity index (χ2n) is 3.69. The number of carbonyl (C=O) groups is 2. The van der Waals surface area contributed by atoms with E-state index in [1.165, 1.54) is 5.38 Å². The zero-order valence-corrected chi connectivity index (χ0v) is 12.5. The molecule has 0 spiro atoms. The van der Waals surface area contributed by atoms with E-state index in [-0.39, 0.29) is 18.2 Å². The number of nitrogens with one attached hydrogen (secondary N) is 1. The Morgan fingerprint density at radius 3 is 2.65 bits per heavy atom. The summed E-state index contributed by atoms with van der Waals surface area (Å²) in [6.07, 6.45) is 0. The minimum atomic E-state index is -0.632. The lowest BCUT2D eigenvalue weighted by atomic mass is 10.3. The average molecular weight is 356 g/mol. The highest BCUT2D eigenvalue weighted by Gasteiger charge is 2.10. The smallest absolute Gasteiger partial charge is 0.268 e. The van der Waals surface area contributed by atoms with E-state index in [0.717, 1.165) is 15.8 Å². The molecule has 3 N–H and O–H groups in total.